The van der Waals surface area contributed by atoms with Crippen LogP contribution in [0.5, 0.6) is 0 Å². The van der Waals surface area contributed by atoms with Crippen molar-refractivity contribution in [3.8, 4) is 33.6 Å². The zero-order valence-electron chi connectivity index (χ0n) is 28.4. The van der Waals surface area contributed by atoms with Crippen LogP contribution in [0, 0.1) is 0 Å². The van der Waals surface area contributed by atoms with Crippen molar-refractivity contribution in [1.29, 1.82) is 0 Å². The van der Waals surface area contributed by atoms with Crippen LogP contribution in [0.2, 0.25) is 0 Å². The van der Waals surface area contributed by atoms with Crippen LogP contribution in [0.25, 0.3) is 98.8 Å². The van der Waals surface area contributed by atoms with E-state index in [0.717, 1.165) is 0 Å². The Morgan fingerprint density at radius 3 is 1.73 bits per heavy atom. The van der Waals surface area contributed by atoms with Gasteiger partial charge in [0.25, 0.3) is 0 Å². The summed E-state index contributed by atoms with van der Waals surface area (Å²) in [5, 5.41) is 9.98. The lowest BCUT2D eigenvalue weighted by molar-refractivity contribution is 1.19. The maximum Gasteiger partial charge on any atom is 0.0641 e. The molecule has 0 saturated carbocycles. The lowest BCUT2D eigenvalue weighted by Gasteiger charge is -2.13. The SMILES string of the molecule is c1ccc(-c2ccc(-c3ccc4c(-n5c6ccccc6c6c5ccc5c7ccccc7n(-c7ccc8ccccc8c7)c56)cccc4c3)cc2)cc1. The second-order valence-electron chi connectivity index (χ2n) is 13.7. The molecule has 0 radical (unpaired) electrons. The van der Waals surface area contributed by atoms with Crippen LogP contribution in [0.15, 0.2) is 194 Å². The van der Waals surface area contributed by atoms with Crippen molar-refractivity contribution in [3.63, 3.8) is 0 Å². The van der Waals surface area contributed by atoms with Gasteiger partial charge in [-0.2, -0.15) is 0 Å². The Hall–Kier alpha value is -6.90. The molecular weight excluding hydrogens is 629 g/mol. The molecule has 0 N–H and O–H groups in total. The number of aromatic nitrogens is 2. The molecule has 0 saturated heterocycles. The van der Waals surface area contributed by atoms with E-state index >= 15 is 0 Å². The first-order valence-electron chi connectivity index (χ1n) is 17.9. The zero-order valence-corrected chi connectivity index (χ0v) is 28.4. The zero-order chi connectivity index (χ0) is 34.2. The smallest absolute Gasteiger partial charge is 0.0641 e. The van der Waals surface area contributed by atoms with Gasteiger partial charge in [0.2, 0.25) is 0 Å². The van der Waals surface area contributed by atoms with E-state index in [1.807, 2.05) is 0 Å². The minimum atomic E-state index is 1.17. The molecule has 0 aliphatic carbocycles. The first-order valence-corrected chi connectivity index (χ1v) is 17.9. The van der Waals surface area contributed by atoms with E-state index in [4.69, 9.17) is 0 Å². The Labute approximate surface area is 301 Å². The first-order chi connectivity index (χ1) is 25.8. The van der Waals surface area contributed by atoms with Gasteiger partial charge in [0.05, 0.1) is 27.8 Å². The maximum atomic E-state index is 2.48. The summed E-state index contributed by atoms with van der Waals surface area (Å²) in [7, 11) is 0. The van der Waals surface area contributed by atoms with Crippen LogP contribution in [0.4, 0.5) is 0 Å². The molecule has 2 aromatic heterocycles. The Balaban J connectivity index is 1.14. The van der Waals surface area contributed by atoms with Crippen molar-refractivity contribution in [1.82, 2.24) is 9.13 Å². The molecule has 0 unspecified atom stereocenters. The van der Waals surface area contributed by atoms with E-state index in [1.54, 1.807) is 0 Å². The summed E-state index contributed by atoms with van der Waals surface area (Å²) in [4.78, 5) is 0. The predicted molar refractivity (Wildman–Crippen MR) is 221 cm³/mol. The molecule has 2 nitrogen and oxygen atoms in total. The molecule has 0 aliphatic heterocycles. The van der Waals surface area contributed by atoms with Gasteiger partial charge in [-0.05, 0) is 80.9 Å². The van der Waals surface area contributed by atoms with Crippen molar-refractivity contribution in [2.45, 2.75) is 0 Å². The molecule has 0 fully saturated rings. The number of benzene rings is 9. The maximum absolute atomic E-state index is 2.48. The third-order valence-corrected chi connectivity index (χ3v) is 10.9. The van der Waals surface area contributed by atoms with Crippen LogP contribution < -0.4 is 0 Å². The molecule has 11 rings (SSSR count). The summed E-state index contributed by atoms with van der Waals surface area (Å²) in [5.41, 5.74) is 12.1. The van der Waals surface area contributed by atoms with E-state index in [0.29, 0.717) is 0 Å². The highest BCUT2D eigenvalue weighted by Crippen LogP contribution is 2.43. The summed E-state index contributed by atoms with van der Waals surface area (Å²) < 4.78 is 4.96. The third-order valence-electron chi connectivity index (χ3n) is 10.9. The van der Waals surface area contributed by atoms with Crippen LogP contribution in [-0.4, -0.2) is 9.13 Å². The van der Waals surface area contributed by atoms with Crippen LogP contribution in [0.1, 0.15) is 0 Å². The average Bonchev–Trinajstić information content (AvgIpc) is 3.73. The molecule has 0 atom stereocenters. The number of rotatable bonds is 4. The molecule has 11 aromatic rings. The fourth-order valence-electron chi connectivity index (χ4n) is 8.48. The first kappa shape index (κ1) is 28.9. The summed E-state index contributed by atoms with van der Waals surface area (Å²) in [6, 6.07) is 71.0. The van der Waals surface area contributed by atoms with Gasteiger partial charge in [-0.1, -0.05) is 152 Å². The van der Waals surface area contributed by atoms with Crippen molar-refractivity contribution >= 4 is 65.2 Å². The quantitative estimate of drug-likeness (QED) is 0.178. The number of para-hydroxylation sites is 2. The second kappa shape index (κ2) is 11.3. The predicted octanol–water partition coefficient (Wildman–Crippen LogP) is 13.5. The van der Waals surface area contributed by atoms with Gasteiger partial charge >= 0.3 is 0 Å². The van der Waals surface area contributed by atoms with Crippen LogP contribution in [0.3, 0.4) is 0 Å². The minimum absolute atomic E-state index is 1.17. The Kier molecular flexibility index (Phi) is 6.28. The molecule has 2 heteroatoms. The average molecular weight is 661 g/mol. The molecule has 2 heterocycles. The molecule has 242 valence electrons. The molecule has 9 aromatic carbocycles. The van der Waals surface area contributed by atoms with Gasteiger partial charge in [0.15, 0.2) is 0 Å². The van der Waals surface area contributed by atoms with Gasteiger partial charge < -0.3 is 9.13 Å². The summed E-state index contributed by atoms with van der Waals surface area (Å²) >= 11 is 0. The number of fused-ring (bicyclic) bond motifs is 9. The highest BCUT2D eigenvalue weighted by Gasteiger charge is 2.21. The Morgan fingerprint density at radius 1 is 0.288 bits per heavy atom. The second-order valence-corrected chi connectivity index (χ2v) is 13.7. The number of hydrogen-bond donors (Lipinski definition) is 0. The van der Waals surface area contributed by atoms with E-state index in [9.17, 15) is 0 Å². The van der Waals surface area contributed by atoms with E-state index in [-0.39, 0.29) is 0 Å². The fourth-order valence-corrected chi connectivity index (χ4v) is 8.48. The third kappa shape index (κ3) is 4.31. The number of nitrogens with zero attached hydrogens (tertiary/aromatic N) is 2. The van der Waals surface area contributed by atoms with Gasteiger partial charge in [0.1, 0.15) is 0 Å². The molecule has 0 spiro atoms. The molecular formula is C50H32N2. The molecule has 0 aliphatic rings. The van der Waals surface area contributed by atoms with E-state index in [1.165, 1.54) is 98.8 Å². The van der Waals surface area contributed by atoms with Gasteiger partial charge in [-0.25, -0.2) is 0 Å². The van der Waals surface area contributed by atoms with E-state index in [2.05, 4.69) is 203 Å². The van der Waals surface area contributed by atoms with Crippen LogP contribution in [-0.2, 0) is 0 Å². The highest BCUT2D eigenvalue weighted by atomic mass is 15.0. The standard InChI is InChI=1S/C50H32N2/c1-2-11-33(12-3-1)35-21-23-36(24-22-35)38-26-28-41-39(31-38)15-10-20-45(41)52-47-19-9-7-17-44(47)49-48(52)30-29-43-42-16-6-8-18-46(42)51(50(43)49)40-27-25-34-13-4-5-14-37(34)32-40/h1-32H. The lowest BCUT2D eigenvalue weighted by atomic mass is 9.98. The Morgan fingerprint density at radius 2 is 0.904 bits per heavy atom. The van der Waals surface area contributed by atoms with Gasteiger partial charge in [-0.15, -0.1) is 0 Å². The van der Waals surface area contributed by atoms with E-state index < -0.39 is 0 Å². The topological polar surface area (TPSA) is 9.86 Å². The van der Waals surface area contributed by atoms with Gasteiger partial charge in [-0.3, -0.25) is 0 Å². The molecule has 0 bridgehead atoms. The summed E-state index contributed by atoms with van der Waals surface area (Å²) in [6.07, 6.45) is 0. The summed E-state index contributed by atoms with van der Waals surface area (Å²) in [5.74, 6) is 0. The number of hydrogen-bond acceptors (Lipinski definition) is 0. The molecule has 52 heavy (non-hydrogen) atoms. The lowest BCUT2D eigenvalue weighted by Crippen LogP contribution is -1.96. The van der Waals surface area contributed by atoms with Crippen molar-refractivity contribution in [2.24, 2.45) is 0 Å². The largest absolute Gasteiger partial charge is 0.309 e. The fraction of sp³-hybridized carbons (Fsp3) is 0. The highest BCUT2D eigenvalue weighted by molar-refractivity contribution is 6.26. The minimum Gasteiger partial charge on any atom is -0.309 e. The van der Waals surface area contributed by atoms with Crippen molar-refractivity contribution < 1.29 is 0 Å². The van der Waals surface area contributed by atoms with Crippen LogP contribution >= 0.6 is 0 Å². The monoisotopic (exact) mass is 660 g/mol. The summed E-state index contributed by atoms with van der Waals surface area (Å²) in [6.45, 7) is 0. The Bertz CT molecular complexity index is 3160. The van der Waals surface area contributed by atoms with Gasteiger partial charge in [0, 0.05) is 32.6 Å². The normalized spacial score (nSPS) is 11.8. The molecule has 0 amide bonds. The van der Waals surface area contributed by atoms with Crippen molar-refractivity contribution in [3.05, 3.63) is 194 Å². The van der Waals surface area contributed by atoms with Crippen molar-refractivity contribution in [2.75, 3.05) is 0 Å².